The van der Waals surface area contributed by atoms with Crippen LogP contribution in [0.4, 0.5) is 0 Å². The lowest BCUT2D eigenvalue weighted by Gasteiger charge is -2.20. The number of aliphatic hydroxyl groups excluding tert-OH is 1. The highest BCUT2D eigenvalue weighted by atomic mass is 32.2. The Morgan fingerprint density at radius 1 is 1.62 bits per heavy atom. The van der Waals surface area contributed by atoms with Crippen LogP contribution >= 0.6 is 11.8 Å². The molecule has 1 aromatic rings. The van der Waals surface area contributed by atoms with Crippen molar-refractivity contribution in [2.45, 2.75) is 18.2 Å². The molecule has 1 amide bonds. The van der Waals surface area contributed by atoms with Gasteiger partial charge in [-0.25, -0.2) is 0 Å². The van der Waals surface area contributed by atoms with Gasteiger partial charge in [-0.1, -0.05) is 6.07 Å². The van der Waals surface area contributed by atoms with Gasteiger partial charge in [0.15, 0.2) is 0 Å². The zero-order valence-corrected chi connectivity index (χ0v) is 10.2. The van der Waals surface area contributed by atoms with Gasteiger partial charge < -0.3 is 10.4 Å². The minimum absolute atomic E-state index is 0.00709. The lowest BCUT2D eigenvalue weighted by atomic mass is 10.2. The number of amides is 1. The Morgan fingerprint density at radius 3 is 2.88 bits per heavy atom. The number of nitrogens with one attached hydrogen (secondary N) is 1. The van der Waals surface area contributed by atoms with Crippen LogP contribution in [-0.4, -0.2) is 40.2 Å². The average Bonchev–Trinajstić information content (AvgIpc) is 2.31. The monoisotopic (exact) mass is 240 g/mol. The van der Waals surface area contributed by atoms with Crippen molar-refractivity contribution in [3.05, 3.63) is 30.1 Å². The van der Waals surface area contributed by atoms with Gasteiger partial charge in [0.1, 0.15) is 5.69 Å². The second kappa shape index (κ2) is 6.50. The third-order valence-corrected chi connectivity index (χ3v) is 3.46. The average molecular weight is 240 g/mol. The van der Waals surface area contributed by atoms with Crippen LogP contribution in [0.1, 0.15) is 17.4 Å². The lowest BCUT2D eigenvalue weighted by molar-refractivity contribution is 0.0931. The van der Waals surface area contributed by atoms with E-state index in [9.17, 15) is 4.79 Å². The molecule has 16 heavy (non-hydrogen) atoms. The van der Waals surface area contributed by atoms with E-state index in [0.29, 0.717) is 5.69 Å². The molecule has 0 aliphatic rings. The summed E-state index contributed by atoms with van der Waals surface area (Å²) in [6, 6.07) is 5.10. The minimum Gasteiger partial charge on any atom is -0.395 e. The Labute approximate surface area is 99.5 Å². The Morgan fingerprint density at radius 2 is 2.38 bits per heavy atom. The molecule has 1 aromatic heterocycles. The number of carbonyl (C=O) groups excluding carboxylic acids is 1. The van der Waals surface area contributed by atoms with Crippen molar-refractivity contribution in [2.24, 2.45) is 0 Å². The predicted molar refractivity (Wildman–Crippen MR) is 65.6 cm³/mol. The summed E-state index contributed by atoms with van der Waals surface area (Å²) in [4.78, 5) is 15.7. The van der Waals surface area contributed by atoms with E-state index in [1.165, 1.54) is 11.8 Å². The van der Waals surface area contributed by atoms with Crippen LogP contribution in [0.25, 0.3) is 0 Å². The Hall–Kier alpha value is -1.07. The molecule has 0 saturated heterocycles. The molecule has 1 rings (SSSR count). The van der Waals surface area contributed by atoms with E-state index in [4.69, 9.17) is 5.11 Å². The third kappa shape index (κ3) is 3.50. The molecule has 0 fully saturated rings. The molecule has 88 valence electrons. The van der Waals surface area contributed by atoms with Crippen LogP contribution in [0.15, 0.2) is 24.4 Å². The molecule has 0 spiro atoms. The van der Waals surface area contributed by atoms with Gasteiger partial charge in [-0.05, 0) is 25.3 Å². The number of thioether (sulfide) groups is 1. The summed E-state index contributed by atoms with van der Waals surface area (Å²) >= 11 is 1.53. The van der Waals surface area contributed by atoms with Crippen LogP contribution in [0.2, 0.25) is 0 Å². The number of carbonyl (C=O) groups is 1. The van der Waals surface area contributed by atoms with E-state index >= 15 is 0 Å². The molecule has 1 heterocycles. The van der Waals surface area contributed by atoms with Gasteiger partial charge in [0.05, 0.1) is 6.61 Å². The molecule has 2 unspecified atom stereocenters. The summed E-state index contributed by atoms with van der Waals surface area (Å²) < 4.78 is 0. The molecule has 0 bridgehead atoms. The molecule has 0 aromatic carbocycles. The minimum atomic E-state index is -0.208. The van der Waals surface area contributed by atoms with E-state index in [2.05, 4.69) is 10.3 Å². The van der Waals surface area contributed by atoms with Crippen molar-refractivity contribution in [2.75, 3.05) is 12.9 Å². The first-order valence-electron chi connectivity index (χ1n) is 5.04. The largest absolute Gasteiger partial charge is 0.395 e. The molecule has 0 aliphatic heterocycles. The van der Waals surface area contributed by atoms with Crippen LogP contribution in [0.3, 0.4) is 0 Å². The van der Waals surface area contributed by atoms with E-state index in [0.717, 1.165) is 0 Å². The topological polar surface area (TPSA) is 62.2 Å². The highest BCUT2D eigenvalue weighted by Gasteiger charge is 2.18. The lowest BCUT2D eigenvalue weighted by Crippen LogP contribution is -2.41. The second-order valence-corrected chi connectivity index (χ2v) is 4.51. The van der Waals surface area contributed by atoms with Crippen molar-refractivity contribution in [1.29, 1.82) is 0 Å². The summed E-state index contributed by atoms with van der Waals surface area (Å²) in [7, 11) is 0. The van der Waals surface area contributed by atoms with Crippen molar-refractivity contribution in [3.8, 4) is 0 Å². The third-order valence-electron chi connectivity index (χ3n) is 2.30. The molecule has 0 radical (unpaired) electrons. The van der Waals surface area contributed by atoms with Crippen molar-refractivity contribution < 1.29 is 9.90 Å². The molecule has 0 aliphatic carbocycles. The van der Waals surface area contributed by atoms with Crippen molar-refractivity contribution in [1.82, 2.24) is 10.3 Å². The number of hydrogen-bond donors (Lipinski definition) is 2. The van der Waals surface area contributed by atoms with Gasteiger partial charge in [-0.2, -0.15) is 11.8 Å². The number of aromatic nitrogens is 1. The number of rotatable bonds is 5. The standard InChI is InChI=1S/C11H16N2O2S/c1-8(10(7-14)16-2)13-11(15)9-5-3-4-6-12-9/h3-6,8,10,14H,7H2,1-2H3,(H,13,15). The van der Waals surface area contributed by atoms with Crippen molar-refractivity contribution >= 4 is 17.7 Å². The zero-order chi connectivity index (χ0) is 12.0. The number of pyridine rings is 1. The molecule has 0 saturated carbocycles. The van der Waals surface area contributed by atoms with Gasteiger partial charge in [0.25, 0.3) is 5.91 Å². The Kier molecular flexibility index (Phi) is 5.28. The molecule has 2 atom stereocenters. The maximum absolute atomic E-state index is 11.7. The SMILES string of the molecule is CSC(CO)C(C)NC(=O)c1ccccn1. The van der Waals surface area contributed by atoms with E-state index in [-0.39, 0.29) is 23.8 Å². The maximum Gasteiger partial charge on any atom is 0.270 e. The first-order valence-corrected chi connectivity index (χ1v) is 6.33. The van der Waals surface area contributed by atoms with Crippen LogP contribution in [0, 0.1) is 0 Å². The second-order valence-electron chi connectivity index (χ2n) is 3.43. The van der Waals surface area contributed by atoms with Crippen LogP contribution in [-0.2, 0) is 0 Å². The van der Waals surface area contributed by atoms with Gasteiger partial charge >= 0.3 is 0 Å². The van der Waals surface area contributed by atoms with Crippen molar-refractivity contribution in [3.63, 3.8) is 0 Å². The predicted octanol–water partition coefficient (Wildman–Crippen LogP) is 0.924. The van der Waals surface area contributed by atoms with Crippen LogP contribution < -0.4 is 5.32 Å². The zero-order valence-electron chi connectivity index (χ0n) is 9.38. The van der Waals surface area contributed by atoms with E-state index in [1.54, 1.807) is 24.4 Å². The molecule has 2 N–H and O–H groups in total. The smallest absolute Gasteiger partial charge is 0.270 e. The molecule has 5 heteroatoms. The number of nitrogens with zero attached hydrogens (tertiary/aromatic N) is 1. The fraction of sp³-hybridized carbons (Fsp3) is 0.455. The summed E-state index contributed by atoms with van der Waals surface area (Å²) in [5.74, 6) is -0.208. The number of aliphatic hydroxyl groups is 1. The fourth-order valence-electron chi connectivity index (χ4n) is 1.31. The first kappa shape index (κ1) is 13.0. The summed E-state index contributed by atoms with van der Waals surface area (Å²) in [5.41, 5.74) is 0.396. The van der Waals surface area contributed by atoms with E-state index in [1.807, 2.05) is 13.2 Å². The fourth-order valence-corrected chi connectivity index (χ4v) is 1.93. The van der Waals surface area contributed by atoms with Crippen LogP contribution in [0.5, 0.6) is 0 Å². The summed E-state index contributed by atoms with van der Waals surface area (Å²) in [6.45, 7) is 1.92. The summed E-state index contributed by atoms with van der Waals surface area (Å²) in [5, 5.41) is 11.9. The van der Waals surface area contributed by atoms with Gasteiger partial charge in [-0.15, -0.1) is 0 Å². The number of hydrogen-bond acceptors (Lipinski definition) is 4. The quantitative estimate of drug-likeness (QED) is 0.803. The normalized spacial score (nSPS) is 14.2. The molecular weight excluding hydrogens is 224 g/mol. The first-order chi connectivity index (χ1) is 7.69. The molecular formula is C11H16N2O2S. The highest BCUT2D eigenvalue weighted by molar-refractivity contribution is 7.99. The highest BCUT2D eigenvalue weighted by Crippen LogP contribution is 2.10. The molecule has 4 nitrogen and oxygen atoms in total. The Balaban J connectivity index is 2.58. The maximum atomic E-state index is 11.7. The van der Waals surface area contributed by atoms with Gasteiger partial charge in [0, 0.05) is 17.5 Å². The van der Waals surface area contributed by atoms with Gasteiger partial charge in [0.2, 0.25) is 0 Å². The van der Waals surface area contributed by atoms with E-state index < -0.39 is 0 Å². The van der Waals surface area contributed by atoms with Gasteiger partial charge in [-0.3, -0.25) is 9.78 Å². The summed E-state index contributed by atoms with van der Waals surface area (Å²) in [6.07, 6.45) is 3.49. The Bertz CT molecular complexity index is 328.